The maximum Gasteiger partial charge on any atom is 0.261 e. The summed E-state index contributed by atoms with van der Waals surface area (Å²) < 4.78 is 5.50. The van der Waals surface area contributed by atoms with Gasteiger partial charge in [-0.15, -0.1) is 11.3 Å². The summed E-state index contributed by atoms with van der Waals surface area (Å²) in [4.78, 5) is 30.3. The van der Waals surface area contributed by atoms with E-state index in [2.05, 4.69) is 4.98 Å². The van der Waals surface area contributed by atoms with Crippen molar-refractivity contribution in [2.45, 2.75) is 26.5 Å². The van der Waals surface area contributed by atoms with Crippen molar-refractivity contribution in [2.24, 2.45) is 0 Å². The van der Waals surface area contributed by atoms with Crippen LogP contribution in [0, 0.1) is 0 Å². The van der Waals surface area contributed by atoms with Gasteiger partial charge in [-0.1, -0.05) is 12.1 Å². The molecule has 1 aliphatic heterocycles. The maximum atomic E-state index is 12.3. The van der Waals surface area contributed by atoms with Crippen molar-refractivity contribution in [1.82, 2.24) is 9.88 Å². The first kappa shape index (κ1) is 14.9. The molecule has 0 bridgehead atoms. The van der Waals surface area contributed by atoms with Crippen molar-refractivity contribution < 1.29 is 14.3 Å². The standard InChI is InChI=1S/C16H16N2O3S/c1-3-21-10(2)14-17-11(9-22-14)8-18-15(19)12-6-4-5-7-13(12)16(18)20/h4-7,9-10H,3,8H2,1-2H3/t10-/m0/s1. The fraction of sp³-hybridized carbons (Fsp3) is 0.312. The summed E-state index contributed by atoms with van der Waals surface area (Å²) in [5, 5.41) is 2.72. The highest BCUT2D eigenvalue weighted by Crippen LogP contribution is 2.26. The number of ether oxygens (including phenoxy) is 1. The van der Waals surface area contributed by atoms with Gasteiger partial charge in [-0.2, -0.15) is 0 Å². The Bertz CT molecular complexity index is 691. The topological polar surface area (TPSA) is 59.5 Å². The van der Waals surface area contributed by atoms with Crippen molar-refractivity contribution >= 4 is 23.2 Å². The fourth-order valence-corrected chi connectivity index (χ4v) is 3.26. The molecule has 2 heterocycles. The average Bonchev–Trinajstić information content (AvgIpc) is 3.08. The van der Waals surface area contributed by atoms with E-state index in [0.29, 0.717) is 23.4 Å². The highest BCUT2D eigenvalue weighted by molar-refractivity contribution is 7.09. The van der Waals surface area contributed by atoms with Crippen molar-refractivity contribution in [1.29, 1.82) is 0 Å². The molecule has 0 fully saturated rings. The van der Waals surface area contributed by atoms with Gasteiger partial charge in [-0.05, 0) is 26.0 Å². The van der Waals surface area contributed by atoms with E-state index in [1.165, 1.54) is 16.2 Å². The molecular formula is C16H16N2O3S. The molecule has 0 N–H and O–H groups in total. The normalized spacial score (nSPS) is 15.3. The van der Waals surface area contributed by atoms with Crippen LogP contribution in [0.5, 0.6) is 0 Å². The molecule has 2 aromatic rings. The number of carbonyl (C=O) groups excluding carboxylic acids is 2. The molecule has 1 aromatic carbocycles. The Hall–Kier alpha value is -2.05. The molecular weight excluding hydrogens is 300 g/mol. The van der Waals surface area contributed by atoms with Crippen LogP contribution in [0.2, 0.25) is 0 Å². The van der Waals surface area contributed by atoms with Crippen LogP contribution >= 0.6 is 11.3 Å². The summed E-state index contributed by atoms with van der Waals surface area (Å²) in [6, 6.07) is 6.88. The molecule has 0 saturated heterocycles. The van der Waals surface area contributed by atoms with Gasteiger partial charge in [0.25, 0.3) is 11.8 Å². The van der Waals surface area contributed by atoms with Crippen LogP contribution in [0.1, 0.15) is 51.4 Å². The molecule has 114 valence electrons. The minimum absolute atomic E-state index is 0.0778. The number of carbonyl (C=O) groups is 2. The van der Waals surface area contributed by atoms with Gasteiger partial charge in [0.1, 0.15) is 11.1 Å². The van der Waals surface area contributed by atoms with E-state index in [0.717, 1.165) is 5.01 Å². The van der Waals surface area contributed by atoms with Crippen molar-refractivity contribution in [2.75, 3.05) is 6.61 Å². The maximum absolute atomic E-state index is 12.3. The first-order valence-corrected chi connectivity index (χ1v) is 8.01. The molecule has 2 amide bonds. The Morgan fingerprint density at radius 1 is 1.23 bits per heavy atom. The summed E-state index contributed by atoms with van der Waals surface area (Å²) in [6.07, 6.45) is -0.0778. The van der Waals surface area contributed by atoms with Crippen molar-refractivity contribution in [3.8, 4) is 0 Å². The van der Waals surface area contributed by atoms with Crippen LogP contribution in [0.3, 0.4) is 0 Å². The van der Waals surface area contributed by atoms with Gasteiger partial charge in [0.05, 0.1) is 23.4 Å². The summed E-state index contributed by atoms with van der Waals surface area (Å²) in [5.74, 6) is -0.513. The fourth-order valence-electron chi connectivity index (χ4n) is 2.45. The average molecular weight is 316 g/mol. The third-order valence-electron chi connectivity index (χ3n) is 3.53. The lowest BCUT2D eigenvalue weighted by atomic mass is 10.1. The monoisotopic (exact) mass is 316 g/mol. The number of nitrogens with zero attached hydrogens (tertiary/aromatic N) is 2. The van der Waals surface area contributed by atoms with Crippen LogP contribution in [0.25, 0.3) is 0 Å². The Labute approximate surface area is 132 Å². The zero-order chi connectivity index (χ0) is 15.7. The molecule has 1 aliphatic rings. The minimum atomic E-state index is -0.256. The third kappa shape index (κ3) is 2.55. The quantitative estimate of drug-likeness (QED) is 0.796. The molecule has 0 unspecified atom stereocenters. The van der Waals surface area contributed by atoms with Gasteiger partial charge in [-0.25, -0.2) is 4.98 Å². The number of rotatable bonds is 5. The zero-order valence-electron chi connectivity index (χ0n) is 12.4. The van der Waals surface area contributed by atoms with Crippen LogP contribution in [-0.2, 0) is 11.3 Å². The molecule has 0 radical (unpaired) electrons. The van der Waals surface area contributed by atoms with Gasteiger partial charge in [0.15, 0.2) is 0 Å². The van der Waals surface area contributed by atoms with Gasteiger partial charge in [0.2, 0.25) is 0 Å². The first-order valence-electron chi connectivity index (χ1n) is 7.13. The minimum Gasteiger partial charge on any atom is -0.372 e. The van der Waals surface area contributed by atoms with Crippen LogP contribution in [0.4, 0.5) is 0 Å². The predicted molar refractivity (Wildman–Crippen MR) is 82.8 cm³/mol. The lowest BCUT2D eigenvalue weighted by Gasteiger charge is -2.12. The number of imide groups is 1. The van der Waals surface area contributed by atoms with Crippen molar-refractivity contribution in [3.05, 3.63) is 51.5 Å². The molecule has 0 aliphatic carbocycles. The van der Waals surface area contributed by atoms with Crippen LogP contribution in [0.15, 0.2) is 29.6 Å². The second-order valence-corrected chi connectivity index (χ2v) is 5.91. The number of hydrogen-bond donors (Lipinski definition) is 0. The van der Waals surface area contributed by atoms with E-state index in [9.17, 15) is 9.59 Å². The summed E-state index contributed by atoms with van der Waals surface area (Å²) in [7, 11) is 0. The molecule has 0 spiro atoms. The highest BCUT2D eigenvalue weighted by atomic mass is 32.1. The smallest absolute Gasteiger partial charge is 0.261 e. The van der Waals surface area contributed by atoms with E-state index in [1.807, 2.05) is 19.2 Å². The lowest BCUT2D eigenvalue weighted by molar-refractivity contribution is 0.0639. The van der Waals surface area contributed by atoms with Crippen LogP contribution in [-0.4, -0.2) is 28.3 Å². The summed E-state index contributed by atoms with van der Waals surface area (Å²) >= 11 is 1.48. The molecule has 1 atom stereocenters. The van der Waals surface area contributed by atoms with Gasteiger partial charge in [-0.3, -0.25) is 14.5 Å². The SMILES string of the molecule is CCO[C@@H](C)c1nc(CN2C(=O)c3ccccc3C2=O)cs1. The van der Waals surface area contributed by atoms with E-state index in [-0.39, 0.29) is 24.5 Å². The second-order valence-electron chi connectivity index (χ2n) is 5.02. The lowest BCUT2D eigenvalue weighted by Crippen LogP contribution is -2.29. The molecule has 1 aromatic heterocycles. The van der Waals surface area contributed by atoms with Gasteiger partial charge in [0, 0.05) is 12.0 Å². The predicted octanol–water partition coefficient (Wildman–Crippen LogP) is 3.04. The molecule has 6 heteroatoms. The number of aromatic nitrogens is 1. The largest absolute Gasteiger partial charge is 0.372 e. The van der Waals surface area contributed by atoms with Crippen molar-refractivity contribution in [3.63, 3.8) is 0 Å². The molecule has 0 saturated carbocycles. The molecule has 22 heavy (non-hydrogen) atoms. The Kier molecular flexibility index (Phi) is 4.04. The molecule has 5 nitrogen and oxygen atoms in total. The Balaban J connectivity index is 1.78. The third-order valence-corrected chi connectivity index (χ3v) is 4.59. The van der Waals surface area contributed by atoms with E-state index in [1.54, 1.807) is 24.3 Å². The Morgan fingerprint density at radius 3 is 2.45 bits per heavy atom. The number of benzene rings is 1. The zero-order valence-corrected chi connectivity index (χ0v) is 13.2. The summed E-state index contributed by atoms with van der Waals surface area (Å²) in [5.41, 5.74) is 1.64. The second kappa shape index (κ2) is 5.98. The summed E-state index contributed by atoms with van der Waals surface area (Å²) in [6.45, 7) is 4.69. The van der Waals surface area contributed by atoms with E-state index in [4.69, 9.17) is 4.74 Å². The Morgan fingerprint density at radius 2 is 1.86 bits per heavy atom. The van der Waals surface area contributed by atoms with E-state index >= 15 is 0 Å². The van der Waals surface area contributed by atoms with Gasteiger partial charge < -0.3 is 4.74 Å². The number of thiazole rings is 1. The number of fused-ring (bicyclic) bond motifs is 1. The highest BCUT2D eigenvalue weighted by Gasteiger charge is 2.35. The number of amides is 2. The first-order chi connectivity index (χ1) is 10.6. The van der Waals surface area contributed by atoms with Crippen LogP contribution < -0.4 is 0 Å². The van der Waals surface area contributed by atoms with E-state index < -0.39 is 0 Å². The molecule has 3 rings (SSSR count). The van der Waals surface area contributed by atoms with Gasteiger partial charge >= 0.3 is 0 Å². The number of hydrogen-bond acceptors (Lipinski definition) is 5.